The molecule has 0 spiro atoms. The van der Waals surface area contributed by atoms with Crippen LogP contribution in [-0.2, 0) is 14.3 Å². The Hall–Kier alpha value is -1.30. The molecule has 116 valence electrons. The van der Waals surface area contributed by atoms with Crippen molar-refractivity contribution in [3.05, 3.63) is 0 Å². The van der Waals surface area contributed by atoms with Gasteiger partial charge in [0.1, 0.15) is 0 Å². The van der Waals surface area contributed by atoms with E-state index in [2.05, 4.69) is 28.8 Å². The number of methoxy groups -OCH3 is 2. The second-order valence-electron chi connectivity index (χ2n) is 5.43. The van der Waals surface area contributed by atoms with Crippen molar-refractivity contribution in [1.29, 1.82) is 0 Å². The van der Waals surface area contributed by atoms with Gasteiger partial charge in [-0.2, -0.15) is 0 Å². The summed E-state index contributed by atoms with van der Waals surface area (Å²) in [5, 5.41) is 2.84. The lowest BCUT2D eigenvalue weighted by atomic mass is 9.90. The summed E-state index contributed by atoms with van der Waals surface area (Å²) in [5.74, 6) is 0.00479. The van der Waals surface area contributed by atoms with Gasteiger partial charge in [0.15, 0.2) is 0 Å². The molecule has 6 heteroatoms. The van der Waals surface area contributed by atoms with Crippen LogP contribution in [0.4, 0.5) is 4.79 Å². The number of nitrogens with one attached hydrogen (secondary N) is 1. The van der Waals surface area contributed by atoms with Crippen molar-refractivity contribution in [2.45, 2.75) is 45.2 Å². The van der Waals surface area contributed by atoms with Crippen molar-refractivity contribution in [3.8, 4) is 0 Å². The highest BCUT2D eigenvalue weighted by Gasteiger charge is 2.31. The van der Waals surface area contributed by atoms with Crippen molar-refractivity contribution >= 4 is 12.1 Å². The first-order valence-corrected chi connectivity index (χ1v) is 7.15. The maximum atomic E-state index is 11.5. The van der Waals surface area contributed by atoms with E-state index in [1.807, 2.05) is 0 Å². The number of hydrogen-bond donors (Lipinski definition) is 1. The van der Waals surface area contributed by atoms with Crippen molar-refractivity contribution in [2.24, 2.45) is 5.92 Å². The van der Waals surface area contributed by atoms with E-state index in [9.17, 15) is 9.59 Å². The maximum Gasteiger partial charge on any atom is 0.407 e. The first-order valence-electron chi connectivity index (χ1n) is 7.15. The highest BCUT2D eigenvalue weighted by Crippen LogP contribution is 2.23. The number of amides is 1. The van der Waals surface area contributed by atoms with Gasteiger partial charge in [0, 0.05) is 31.6 Å². The fourth-order valence-electron chi connectivity index (χ4n) is 2.66. The van der Waals surface area contributed by atoms with Gasteiger partial charge in [-0.1, -0.05) is 6.92 Å². The van der Waals surface area contributed by atoms with Crippen LogP contribution in [0.5, 0.6) is 0 Å². The van der Waals surface area contributed by atoms with Crippen LogP contribution in [0.3, 0.4) is 0 Å². The molecule has 1 fully saturated rings. The summed E-state index contributed by atoms with van der Waals surface area (Å²) in [7, 11) is 2.76. The van der Waals surface area contributed by atoms with Crippen LogP contribution in [-0.4, -0.2) is 56.4 Å². The van der Waals surface area contributed by atoms with Gasteiger partial charge in [-0.3, -0.25) is 9.69 Å². The Morgan fingerprint density at radius 1 is 1.30 bits per heavy atom. The molecule has 1 N–H and O–H groups in total. The quantitative estimate of drug-likeness (QED) is 0.774. The molecule has 1 aliphatic rings. The molecule has 0 aliphatic carbocycles. The van der Waals surface area contributed by atoms with E-state index in [1.54, 1.807) is 0 Å². The molecular formula is C14H26N2O4. The van der Waals surface area contributed by atoms with E-state index in [-0.39, 0.29) is 17.9 Å². The number of nitrogens with zero attached hydrogens (tertiary/aromatic N) is 1. The zero-order valence-corrected chi connectivity index (χ0v) is 12.8. The number of ether oxygens (including phenoxy) is 2. The number of carbonyl (C=O) groups excluding carboxylic acids is 2. The molecule has 3 atom stereocenters. The Labute approximate surface area is 120 Å². The molecule has 0 bridgehead atoms. The lowest BCUT2D eigenvalue weighted by Crippen LogP contribution is -2.53. The minimum absolute atomic E-state index is 0.0138. The van der Waals surface area contributed by atoms with Gasteiger partial charge in [-0.25, -0.2) is 4.79 Å². The van der Waals surface area contributed by atoms with Gasteiger partial charge in [-0.15, -0.1) is 0 Å². The fourth-order valence-corrected chi connectivity index (χ4v) is 2.66. The Morgan fingerprint density at radius 3 is 2.55 bits per heavy atom. The largest absolute Gasteiger partial charge is 0.469 e. The summed E-state index contributed by atoms with van der Waals surface area (Å²) < 4.78 is 9.40. The molecule has 1 amide bonds. The van der Waals surface area contributed by atoms with Crippen LogP contribution >= 0.6 is 0 Å². The fraction of sp³-hybridized carbons (Fsp3) is 0.857. The Balaban J connectivity index is 2.66. The molecule has 3 unspecified atom stereocenters. The highest BCUT2D eigenvalue weighted by molar-refractivity contribution is 5.69. The van der Waals surface area contributed by atoms with Crippen LogP contribution < -0.4 is 5.32 Å². The smallest absolute Gasteiger partial charge is 0.407 e. The second-order valence-corrected chi connectivity index (χ2v) is 5.43. The molecule has 1 saturated heterocycles. The van der Waals surface area contributed by atoms with Crippen molar-refractivity contribution in [3.63, 3.8) is 0 Å². The van der Waals surface area contributed by atoms with Crippen molar-refractivity contribution < 1.29 is 19.1 Å². The number of carbonyl (C=O) groups is 2. The second kappa shape index (κ2) is 8.09. The first-order chi connectivity index (χ1) is 9.49. The average Bonchev–Trinajstić information content (AvgIpc) is 2.45. The Morgan fingerprint density at radius 2 is 2.00 bits per heavy atom. The van der Waals surface area contributed by atoms with E-state index in [0.29, 0.717) is 12.5 Å². The third-order valence-electron chi connectivity index (χ3n) is 3.97. The van der Waals surface area contributed by atoms with E-state index in [1.165, 1.54) is 14.2 Å². The third-order valence-corrected chi connectivity index (χ3v) is 3.97. The van der Waals surface area contributed by atoms with Crippen LogP contribution in [0.2, 0.25) is 0 Å². The minimum atomic E-state index is -0.419. The molecule has 1 heterocycles. The molecule has 0 aromatic rings. The minimum Gasteiger partial charge on any atom is -0.469 e. The van der Waals surface area contributed by atoms with Crippen LogP contribution in [0, 0.1) is 5.92 Å². The number of piperidine rings is 1. The normalized spacial score (nSPS) is 24.8. The summed E-state index contributed by atoms with van der Waals surface area (Å²) in [5.41, 5.74) is 0. The molecule has 1 rings (SSSR count). The van der Waals surface area contributed by atoms with Crippen LogP contribution in [0.25, 0.3) is 0 Å². The summed E-state index contributed by atoms with van der Waals surface area (Å²) in [6.45, 7) is 5.96. The van der Waals surface area contributed by atoms with Gasteiger partial charge in [0.25, 0.3) is 0 Å². The van der Waals surface area contributed by atoms with Crippen LogP contribution in [0.1, 0.15) is 33.1 Å². The zero-order valence-electron chi connectivity index (χ0n) is 12.8. The standard InChI is InChI=1S/C14H26N2O4/c1-5-10(2)16-8-11(7-13(17)19-3)6-12(9-16)15-14(18)20-4/h10-12H,5-9H2,1-4H3,(H,15,18). The molecule has 20 heavy (non-hydrogen) atoms. The number of rotatable bonds is 5. The molecule has 0 aromatic heterocycles. The predicted octanol–water partition coefficient (Wildman–Crippen LogP) is 1.39. The van der Waals surface area contributed by atoms with E-state index in [0.717, 1.165) is 25.9 Å². The predicted molar refractivity (Wildman–Crippen MR) is 75.4 cm³/mol. The molecule has 1 aliphatic heterocycles. The zero-order chi connectivity index (χ0) is 15.1. The topological polar surface area (TPSA) is 67.9 Å². The lowest BCUT2D eigenvalue weighted by Gasteiger charge is -2.40. The van der Waals surface area contributed by atoms with E-state index in [4.69, 9.17) is 4.74 Å². The van der Waals surface area contributed by atoms with Gasteiger partial charge in [-0.05, 0) is 25.7 Å². The van der Waals surface area contributed by atoms with E-state index < -0.39 is 6.09 Å². The molecule has 6 nitrogen and oxygen atoms in total. The molecule has 0 saturated carbocycles. The SMILES string of the molecule is CCC(C)N1CC(CC(=O)OC)CC(NC(=O)OC)C1. The van der Waals surface area contributed by atoms with Crippen molar-refractivity contribution in [1.82, 2.24) is 10.2 Å². The van der Waals surface area contributed by atoms with Gasteiger partial charge in [0.05, 0.1) is 14.2 Å². The third kappa shape index (κ3) is 5.00. The number of likely N-dealkylation sites (tertiary alicyclic amines) is 1. The average molecular weight is 286 g/mol. The van der Waals surface area contributed by atoms with Gasteiger partial charge in [0.2, 0.25) is 0 Å². The summed E-state index contributed by atoms with van der Waals surface area (Å²) in [6, 6.07) is 0.442. The Kier molecular flexibility index (Phi) is 6.78. The van der Waals surface area contributed by atoms with Gasteiger partial charge >= 0.3 is 12.1 Å². The molecule has 0 radical (unpaired) electrons. The monoisotopic (exact) mass is 286 g/mol. The first kappa shape index (κ1) is 16.8. The number of alkyl carbamates (subject to hydrolysis) is 1. The lowest BCUT2D eigenvalue weighted by molar-refractivity contribution is -0.142. The summed E-state index contributed by atoms with van der Waals surface area (Å²) >= 11 is 0. The molecule has 0 aromatic carbocycles. The van der Waals surface area contributed by atoms with Gasteiger partial charge < -0.3 is 14.8 Å². The number of esters is 1. The number of hydrogen-bond acceptors (Lipinski definition) is 5. The summed E-state index contributed by atoms with van der Waals surface area (Å²) in [6.07, 6.45) is 1.79. The van der Waals surface area contributed by atoms with Crippen molar-refractivity contribution in [2.75, 3.05) is 27.3 Å². The Bertz CT molecular complexity index is 309. The highest BCUT2D eigenvalue weighted by atomic mass is 16.5. The van der Waals surface area contributed by atoms with Crippen LogP contribution in [0.15, 0.2) is 0 Å². The summed E-state index contributed by atoms with van der Waals surface area (Å²) in [4.78, 5) is 25.1. The molecular weight excluding hydrogens is 260 g/mol. The van der Waals surface area contributed by atoms with E-state index >= 15 is 0 Å². The maximum absolute atomic E-state index is 11.5.